The van der Waals surface area contributed by atoms with Crippen molar-refractivity contribution < 1.29 is 19.4 Å². The van der Waals surface area contributed by atoms with E-state index in [1.165, 1.54) is 0 Å². The summed E-state index contributed by atoms with van der Waals surface area (Å²) in [7, 11) is 0. The highest BCUT2D eigenvalue weighted by atomic mass is 35.5. The number of ether oxygens (including phenoxy) is 1. The highest BCUT2D eigenvalue weighted by molar-refractivity contribution is 6.30. The van der Waals surface area contributed by atoms with Crippen LogP contribution < -0.4 is 5.32 Å². The van der Waals surface area contributed by atoms with Gasteiger partial charge in [-0.1, -0.05) is 49.2 Å². The van der Waals surface area contributed by atoms with Crippen LogP contribution in [0.25, 0.3) is 0 Å². The lowest BCUT2D eigenvalue weighted by molar-refractivity contribution is -0.142. The molecule has 194 valence electrons. The molecule has 6 unspecified atom stereocenters. The van der Waals surface area contributed by atoms with E-state index in [2.05, 4.69) is 29.0 Å². The Hall–Kier alpha value is -2.19. The first kappa shape index (κ1) is 26.9. The van der Waals surface area contributed by atoms with Crippen LogP contribution in [0.4, 0.5) is 0 Å². The summed E-state index contributed by atoms with van der Waals surface area (Å²) < 4.78 is 5.60. The van der Waals surface area contributed by atoms with Gasteiger partial charge in [0.05, 0.1) is 36.4 Å². The van der Waals surface area contributed by atoms with Crippen LogP contribution in [-0.2, 0) is 14.3 Å². The number of rotatable bonds is 8. The van der Waals surface area contributed by atoms with Gasteiger partial charge in [0.15, 0.2) is 0 Å². The molecular weight excluding hydrogens is 501 g/mol. The molecule has 1 aromatic heterocycles. The van der Waals surface area contributed by atoms with E-state index in [4.69, 9.17) is 27.9 Å². The summed E-state index contributed by atoms with van der Waals surface area (Å²) in [5, 5.41) is 13.8. The molecule has 1 amide bonds. The fourth-order valence-corrected chi connectivity index (χ4v) is 6.04. The molecule has 2 aliphatic rings. The number of carbonyl (C=O) groups is 2. The molecule has 0 saturated carbocycles. The van der Waals surface area contributed by atoms with Crippen LogP contribution in [0, 0.1) is 17.8 Å². The van der Waals surface area contributed by atoms with Gasteiger partial charge in [-0.25, -0.2) is 0 Å². The van der Waals surface area contributed by atoms with Crippen molar-refractivity contribution in [3.63, 3.8) is 0 Å². The van der Waals surface area contributed by atoms with Gasteiger partial charge in [0.1, 0.15) is 0 Å². The Morgan fingerprint density at radius 3 is 2.58 bits per heavy atom. The lowest BCUT2D eigenvalue weighted by Gasteiger charge is -2.45. The number of carbonyl (C=O) groups excluding carboxylic acids is 1. The number of pyridine rings is 1. The van der Waals surface area contributed by atoms with Crippen molar-refractivity contribution in [1.29, 1.82) is 0 Å². The largest absolute Gasteiger partial charge is 0.481 e. The molecule has 7 nitrogen and oxygen atoms in total. The standard InChI is InChI=1S/C27H33Cl2N3O4/c1-16(17(2)26(32-8-10-36-11-9-32)23-7-6-21(29)15-30-23)25-22(18-4-3-5-20(28)12-18)13-19(14-24(33)34)27(35)31-25/h3-7,12,15-17,19,22,25-26H,8-11,13-14H2,1-2H3,(H,31,35)(H,33,34). The highest BCUT2D eigenvalue weighted by Crippen LogP contribution is 2.42. The summed E-state index contributed by atoms with van der Waals surface area (Å²) in [6.45, 7) is 7.27. The van der Waals surface area contributed by atoms with E-state index in [1.807, 2.05) is 36.4 Å². The number of aromatic nitrogens is 1. The SMILES string of the molecule is CC(C(C)C(c1ccc(Cl)cn1)N1CCOCC1)C1NC(=O)C(CC(=O)O)CC1c1cccc(Cl)c1. The zero-order valence-corrected chi connectivity index (χ0v) is 22.1. The highest BCUT2D eigenvalue weighted by Gasteiger charge is 2.43. The number of piperidine rings is 1. The van der Waals surface area contributed by atoms with Crippen LogP contribution in [0.2, 0.25) is 10.0 Å². The smallest absolute Gasteiger partial charge is 0.304 e. The first-order valence-electron chi connectivity index (χ1n) is 12.5. The second-order valence-corrected chi connectivity index (χ2v) is 10.8. The van der Waals surface area contributed by atoms with E-state index in [1.54, 1.807) is 6.20 Å². The lowest BCUT2D eigenvalue weighted by atomic mass is 9.70. The molecule has 2 aromatic rings. The molecule has 0 aliphatic carbocycles. The Bertz CT molecular complexity index is 1060. The monoisotopic (exact) mass is 533 g/mol. The van der Waals surface area contributed by atoms with Crippen LogP contribution in [0.1, 0.15) is 49.9 Å². The average molecular weight is 534 g/mol. The number of carboxylic acid groups (broad SMARTS) is 1. The summed E-state index contributed by atoms with van der Waals surface area (Å²) in [5.74, 6) is -1.66. The van der Waals surface area contributed by atoms with E-state index in [0.717, 1.165) is 24.3 Å². The zero-order chi connectivity index (χ0) is 25.8. The third-order valence-electron chi connectivity index (χ3n) is 7.74. The van der Waals surface area contributed by atoms with Crippen molar-refractivity contribution in [3.05, 3.63) is 63.9 Å². The van der Waals surface area contributed by atoms with Gasteiger partial charge in [0.25, 0.3) is 0 Å². The number of hydrogen-bond donors (Lipinski definition) is 2. The molecule has 4 rings (SSSR count). The Morgan fingerprint density at radius 1 is 1.19 bits per heavy atom. The summed E-state index contributed by atoms with van der Waals surface area (Å²) >= 11 is 12.5. The molecule has 2 fully saturated rings. The quantitative estimate of drug-likeness (QED) is 0.506. The molecule has 2 N–H and O–H groups in total. The van der Waals surface area contributed by atoms with Gasteiger partial charge < -0.3 is 15.2 Å². The lowest BCUT2D eigenvalue weighted by Crippen LogP contribution is -2.54. The molecule has 9 heteroatoms. The topological polar surface area (TPSA) is 91.8 Å². The van der Waals surface area contributed by atoms with Gasteiger partial charge in [-0.15, -0.1) is 0 Å². The molecule has 0 radical (unpaired) electrons. The van der Waals surface area contributed by atoms with Crippen molar-refractivity contribution in [2.45, 2.75) is 44.7 Å². The van der Waals surface area contributed by atoms with Gasteiger partial charge in [-0.05, 0) is 48.1 Å². The molecular formula is C27H33Cl2N3O4. The Morgan fingerprint density at radius 2 is 1.94 bits per heavy atom. The minimum absolute atomic E-state index is 0.00910. The number of amides is 1. The van der Waals surface area contributed by atoms with Crippen molar-refractivity contribution in [2.24, 2.45) is 17.8 Å². The first-order valence-corrected chi connectivity index (χ1v) is 13.2. The van der Waals surface area contributed by atoms with E-state index >= 15 is 0 Å². The Balaban J connectivity index is 1.66. The maximum atomic E-state index is 13.0. The summed E-state index contributed by atoms with van der Waals surface area (Å²) in [5.41, 5.74) is 1.94. The van der Waals surface area contributed by atoms with Crippen molar-refractivity contribution in [3.8, 4) is 0 Å². The number of morpholine rings is 1. The van der Waals surface area contributed by atoms with Gasteiger partial charge in [-0.3, -0.25) is 19.5 Å². The van der Waals surface area contributed by atoms with Crippen LogP contribution >= 0.6 is 23.2 Å². The van der Waals surface area contributed by atoms with Crippen molar-refractivity contribution in [2.75, 3.05) is 26.3 Å². The number of nitrogens with zero attached hydrogens (tertiary/aromatic N) is 2. The number of nitrogens with one attached hydrogen (secondary N) is 1. The van der Waals surface area contributed by atoms with Gasteiger partial charge in [-0.2, -0.15) is 0 Å². The molecule has 6 atom stereocenters. The van der Waals surface area contributed by atoms with Crippen LogP contribution in [-0.4, -0.2) is 59.2 Å². The average Bonchev–Trinajstić information content (AvgIpc) is 2.86. The molecule has 1 aromatic carbocycles. The van der Waals surface area contributed by atoms with Crippen molar-refractivity contribution >= 4 is 35.1 Å². The summed E-state index contributed by atoms with van der Waals surface area (Å²) in [4.78, 5) is 31.5. The zero-order valence-electron chi connectivity index (χ0n) is 20.6. The third kappa shape index (κ3) is 6.20. The second-order valence-electron chi connectivity index (χ2n) is 9.94. The van der Waals surface area contributed by atoms with Crippen LogP contribution in [0.15, 0.2) is 42.6 Å². The van der Waals surface area contributed by atoms with Gasteiger partial charge in [0.2, 0.25) is 5.91 Å². The maximum absolute atomic E-state index is 13.0. The number of carboxylic acids is 1. The minimum atomic E-state index is -0.971. The van der Waals surface area contributed by atoms with E-state index in [0.29, 0.717) is 29.7 Å². The predicted molar refractivity (Wildman–Crippen MR) is 139 cm³/mol. The Kier molecular flexibility index (Phi) is 8.88. The number of aliphatic carboxylic acids is 1. The van der Waals surface area contributed by atoms with Crippen LogP contribution in [0.5, 0.6) is 0 Å². The minimum Gasteiger partial charge on any atom is -0.481 e. The van der Waals surface area contributed by atoms with Gasteiger partial charge in [0, 0.05) is 42.2 Å². The number of benzene rings is 1. The van der Waals surface area contributed by atoms with Gasteiger partial charge >= 0.3 is 5.97 Å². The molecule has 0 bridgehead atoms. The molecule has 3 heterocycles. The van der Waals surface area contributed by atoms with E-state index < -0.39 is 11.9 Å². The molecule has 36 heavy (non-hydrogen) atoms. The van der Waals surface area contributed by atoms with Crippen molar-refractivity contribution in [1.82, 2.24) is 15.2 Å². The fraction of sp³-hybridized carbons (Fsp3) is 0.519. The van der Waals surface area contributed by atoms with E-state index in [-0.39, 0.29) is 42.2 Å². The maximum Gasteiger partial charge on any atom is 0.304 e. The summed E-state index contributed by atoms with van der Waals surface area (Å²) in [6, 6.07) is 11.3. The third-order valence-corrected chi connectivity index (χ3v) is 8.19. The van der Waals surface area contributed by atoms with Crippen LogP contribution in [0.3, 0.4) is 0 Å². The molecule has 0 spiro atoms. The predicted octanol–water partition coefficient (Wildman–Crippen LogP) is 4.80. The summed E-state index contributed by atoms with van der Waals surface area (Å²) in [6.07, 6.45) is 1.95. The second kappa shape index (κ2) is 11.9. The fourth-order valence-electron chi connectivity index (χ4n) is 5.73. The number of hydrogen-bond acceptors (Lipinski definition) is 5. The van der Waals surface area contributed by atoms with E-state index in [9.17, 15) is 14.7 Å². The first-order chi connectivity index (χ1) is 17.2. The normalized spacial score (nSPS) is 25.6. The molecule has 2 aliphatic heterocycles. The number of halogens is 2. The molecule has 2 saturated heterocycles. The Labute approximate surface area is 222 Å².